The number of anilines is 1. The van der Waals surface area contributed by atoms with Crippen LogP contribution in [0, 0.1) is 5.92 Å². The van der Waals surface area contributed by atoms with Crippen molar-refractivity contribution < 1.29 is 14.7 Å². The van der Waals surface area contributed by atoms with Gasteiger partial charge in [-0.3, -0.25) is 0 Å². The third-order valence-corrected chi connectivity index (χ3v) is 3.45. The molecular formula is C14H18N2O3. The van der Waals surface area contributed by atoms with Crippen LogP contribution >= 0.6 is 0 Å². The molecule has 2 amide bonds. The summed E-state index contributed by atoms with van der Waals surface area (Å²) in [5.74, 6) is -0.290. The fourth-order valence-electron chi connectivity index (χ4n) is 2.11. The first-order valence-electron chi connectivity index (χ1n) is 6.45. The smallest absolute Gasteiger partial charge is 0.335 e. The van der Waals surface area contributed by atoms with Gasteiger partial charge in [-0.25, -0.2) is 9.59 Å². The van der Waals surface area contributed by atoms with Gasteiger partial charge in [0.1, 0.15) is 0 Å². The summed E-state index contributed by atoms with van der Waals surface area (Å²) in [4.78, 5) is 24.5. The molecule has 1 aromatic rings. The number of carboxylic acid groups (broad SMARTS) is 1. The van der Waals surface area contributed by atoms with Crippen molar-refractivity contribution in [2.45, 2.75) is 19.8 Å². The van der Waals surface area contributed by atoms with E-state index in [4.69, 9.17) is 5.11 Å². The molecule has 0 bridgehead atoms. The number of rotatable bonds is 2. The number of carbonyl (C=O) groups excluding carboxylic acids is 1. The van der Waals surface area contributed by atoms with Gasteiger partial charge in [-0.05, 0) is 43.0 Å². The van der Waals surface area contributed by atoms with E-state index in [0.29, 0.717) is 11.6 Å². The number of nitrogens with one attached hydrogen (secondary N) is 1. The van der Waals surface area contributed by atoms with Crippen LogP contribution in [0.2, 0.25) is 0 Å². The van der Waals surface area contributed by atoms with Crippen LogP contribution < -0.4 is 5.32 Å². The first kappa shape index (κ1) is 13.4. The maximum absolute atomic E-state index is 12.0. The highest BCUT2D eigenvalue weighted by atomic mass is 16.4. The minimum absolute atomic E-state index is 0.116. The number of amides is 2. The highest BCUT2D eigenvalue weighted by Crippen LogP contribution is 2.17. The van der Waals surface area contributed by atoms with Crippen LogP contribution in [0.25, 0.3) is 0 Å². The number of hydrogen-bond acceptors (Lipinski definition) is 2. The summed E-state index contributed by atoms with van der Waals surface area (Å²) in [5, 5.41) is 11.6. The van der Waals surface area contributed by atoms with Crippen molar-refractivity contribution in [1.29, 1.82) is 0 Å². The number of piperidine rings is 1. The number of aromatic carboxylic acids is 1. The topological polar surface area (TPSA) is 69.6 Å². The Hall–Kier alpha value is -2.04. The van der Waals surface area contributed by atoms with Crippen LogP contribution in [-0.2, 0) is 0 Å². The van der Waals surface area contributed by atoms with Crippen LogP contribution in [0.5, 0.6) is 0 Å². The molecule has 19 heavy (non-hydrogen) atoms. The molecule has 0 spiro atoms. The monoisotopic (exact) mass is 262 g/mol. The number of benzene rings is 1. The summed E-state index contributed by atoms with van der Waals surface area (Å²) in [6.45, 7) is 3.75. The predicted octanol–water partition coefficient (Wildman–Crippen LogP) is 2.65. The Morgan fingerprint density at radius 2 is 1.79 bits per heavy atom. The number of likely N-dealkylation sites (tertiary alicyclic amines) is 1. The van der Waals surface area contributed by atoms with Gasteiger partial charge in [-0.2, -0.15) is 0 Å². The highest BCUT2D eigenvalue weighted by molar-refractivity contribution is 5.91. The normalized spacial score (nSPS) is 16.2. The Morgan fingerprint density at radius 1 is 1.21 bits per heavy atom. The minimum atomic E-state index is -0.970. The van der Waals surface area contributed by atoms with Crippen molar-refractivity contribution in [2.24, 2.45) is 5.92 Å². The largest absolute Gasteiger partial charge is 0.478 e. The van der Waals surface area contributed by atoms with Crippen LogP contribution in [-0.4, -0.2) is 35.1 Å². The molecule has 1 aliphatic heterocycles. The number of urea groups is 1. The van der Waals surface area contributed by atoms with Crippen molar-refractivity contribution in [2.75, 3.05) is 18.4 Å². The van der Waals surface area contributed by atoms with Gasteiger partial charge >= 0.3 is 12.0 Å². The lowest BCUT2D eigenvalue weighted by Gasteiger charge is -2.30. The molecule has 0 aliphatic carbocycles. The molecule has 0 saturated carbocycles. The molecule has 1 aromatic carbocycles. The number of hydrogen-bond donors (Lipinski definition) is 2. The Morgan fingerprint density at radius 3 is 2.32 bits per heavy atom. The van der Waals surface area contributed by atoms with E-state index in [1.807, 2.05) is 0 Å². The summed E-state index contributed by atoms with van der Waals surface area (Å²) in [5.41, 5.74) is 0.832. The lowest BCUT2D eigenvalue weighted by molar-refractivity contribution is 0.0697. The van der Waals surface area contributed by atoms with Gasteiger partial charge in [0.05, 0.1) is 5.56 Å². The summed E-state index contributed by atoms with van der Waals surface area (Å²) < 4.78 is 0. The average molecular weight is 262 g/mol. The fraction of sp³-hybridized carbons (Fsp3) is 0.429. The van der Waals surface area contributed by atoms with Crippen molar-refractivity contribution in [1.82, 2.24) is 4.90 Å². The second-order valence-electron chi connectivity index (χ2n) is 4.98. The molecule has 0 atom stereocenters. The molecule has 0 unspecified atom stereocenters. The van der Waals surface area contributed by atoms with Crippen LogP contribution in [0.4, 0.5) is 10.5 Å². The molecule has 0 aromatic heterocycles. The van der Waals surface area contributed by atoms with Gasteiger partial charge < -0.3 is 15.3 Å². The van der Waals surface area contributed by atoms with E-state index in [1.54, 1.807) is 17.0 Å². The molecule has 2 rings (SSSR count). The Kier molecular flexibility index (Phi) is 4.04. The summed E-state index contributed by atoms with van der Waals surface area (Å²) in [6, 6.07) is 6.06. The first-order valence-corrected chi connectivity index (χ1v) is 6.45. The lowest BCUT2D eigenvalue weighted by atomic mass is 10.00. The fourth-order valence-corrected chi connectivity index (χ4v) is 2.11. The molecule has 2 N–H and O–H groups in total. The zero-order valence-corrected chi connectivity index (χ0v) is 10.9. The lowest BCUT2D eigenvalue weighted by Crippen LogP contribution is -2.40. The van der Waals surface area contributed by atoms with E-state index < -0.39 is 5.97 Å². The average Bonchev–Trinajstić information content (AvgIpc) is 2.40. The molecule has 1 saturated heterocycles. The van der Waals surface area contributed by atoms with Crippen LogP contribution in [0.1, 0.15) is 30.1 Å². The molecule has 5 nitrogen and oxygen atoms in total. The first-order chi connectivity index (χ1) is 9.06. The second kappa shape index (κ2) is 5.73. The number of nitrogens with zero attached hydrogens (tertiary/aromatic N) is 1. The van der Waals surface area contributed by atoms with Crippen molar-refractivity contribution in [3.8, 4) is 0 Å². The highest BCUT2D eigenvalue weighted by Gasteiger charge is 2.20. The molecule has 0 radical (unpaired) electrons. The maximum atomic E-state index is 12.0. The van der Waals surface area contributed by atoms with E-state index in [0.717, 1.165) is 25.9 Å². The van der Waals surface area contributed by atoms with E-state index in [-0.39, 0.29) is 11.6 Å². The third kappa shape index (κ3) is 3.47. The Balaban J connectivity index is 1.93. The minimum Gasteiger partial charge on any atom is -0.478 e. The Bertz CT molecular complexity index is 462. The zero-order chi connectivity index (χ0) is 13.8. The molecule has 1 heterocycles. The summed E-state index contributed by atoms with van der Waals surface area (Å²) in [6.07, 6.45) is 2.07. The van der Waals surface area contributed by atoms with Crippen molar-refractivity contribution >= 4 is 17.7 Å². The van der Waals surface area contributed by atoms with Gasteiger partial charge in [0.15, 0.2) is 0 Å². The van der Waals surface area contributed by atoms with E-state index in [2.05, 4.69) is 12.2 Å². The van der Waals surface area contributed by atoms with Crippen molar-refractivity contribution in [3.63, 3.8) is 0 Å². The number of carboxylic acids is 1. The third-order valence-electron chi connectivity index (χ3n) is 3.45. The summed E-state index contributed by atoms with van der Waals surface area (Å²) in [7, 11) is 0. The molecule has 5 heteroatoms. The SMILES string of the molecule is CC1CCN(C(=O)Nc2ccc(C(=O)O)cc2)CC1. The van der Waals surface area contributed by atoms with Gasteiger partial charge in [0.25, 0.3) is 0 Å². The second-order valence-corrected chi connectivity index (χ2v) is 4.98. The molecule has 102 valence electrons. The van der Waals surface area contributed by atoms with Gasteiger partial charge in [0.2, 0.25) is 0 Å². The Labute approximate surface area is 112 Å². The van der Waals surface area contributed by atoms with E-state index >= 15 is 0 Å². The molecule has 1 aliphatic rings. The standard InChI is InChI=1S/C14H18N2O3/c1-10-6-8-16(9-7-10)14(19)15-12-4-2-11(3-5-12)13(17)18/h2-5,10H,6-9H2,1H3,(H,15,19)(H,17,18). The number of carbonyl (C=O) groups is 2. The quantitative estimate of drug-likeness (QED) is 0.860. The maximum Gasteiger partial charge on any atom is 0.335 e. The van der Waals surface area contributed by atoms with Crippen LogP contribution in [0.3, 0.4) is 0 Å². The van der Waals surface area contributed by atoms with Gasteiger partial charge in [-0.1, -0.05) is 6.92 Å². The van der Waals surface area contributed by atoms with Crippen LogP contribution in [0.15, 0.2) is 24.3 Å². The molecule has 1 fully saturated rings. The predicted molar refractivity (Wildman–Crippen MR) is 72.4 cm³/mol. The van der Waals surface area contributed by atoms with E-state index in [9.17, 15) is 9.59 Å². The van der Waals surface area contributed by atoms with Gasteiger partial charge in [-0.15, -0.1) is 0 Å². The van der Waals surface area contributed by atoms with Gasteiger partial charge in [0, 0.05) is 18.8 Å². The summed E-state index contributed by atoms with van der Waals surface area (Å²) >= 11 is 0. The van der Waals surface area contributed by atoms with Crippen molar-refractivity contribution in [3.05, 3.63) is 29.8 Å². The zero-order valence-electron chi connectivity index (χ0n) is 10.9. The molecular weight excluding hydrogens is 244 g/mol. The van der Waals surface area contributed by atoms with E-state index in [1.165, 1.54) is 12.1 Å².